The molecular formula is C21H19ClFN3O3. The first kappa shape index (κ1) is 19.4. The normalized spacial score (nSPS) is 16.3. The predicted molar refractivity (Wildman–Crippen MR) is 106 cm³/mol. The number of nitrogens with zero attached hydrogens (tertiary/aromatic N) is 3. The topological polar surface area (TPSA) is 60.9 Å². The number of benzene rings is 2. The van der Waals surface area contributed by atoms with E-state index in [1.165, 1.54) is 32.9 Å². The van der Waals surface area contributed by atoms with Crippen LogP contribution >= 0.6 is 11.6 Å². The number of amides is 3. The largest absolute Gasteiger partial charge is 0.326 e. The van der Waals surface area contributed by atoms with E-state index < -0.39 is 11.7 Å². The van der Waals surface area contributed by atoms with Crippen molar-refractivity contribution in [2.45, 2.75) is 18.9 Å². The molecule has 2 aromatic rings. The van der Waals surface area contributed by atoms with Gasteiger partial charge >= 0.3 is 0 Å². The molecule has 0 atom stereocenters. The van der Waals surface area contributed by atoms with Crippen molar-refractivity contribution >= 4 is 35.0 Å². The molecule has 0 N–H and O–H groups in total. The molecule has 0 spiro atoms. The van der Waals surface area contributed by atoms with Gasteiger partial charge in [-0.05, 0) is 43.2 Å². The van der Waals surface area contributed by atoms with Gasteiger partial charge in [0.05, 0.1) is 5.56 Å². The molecule has 1 heterocycles. The van der Waals surface area contributed by atoms with Gasteiger partial charge in [-0.2, -0.15) is 0 Å². The minimum absolute atomic E-state index is 0.0507. The summed E-state index contributed by atoms with van der Waals surface area (Å²) in [5.74, 6) is -1.69. The van der Waals surface area contributed by atoms with Gasteiger partial charge < -0.3 is 9.80 Å². The lowest BCUT2D eigenvalue weighted by Gasteiger charge is -2.25. The average Bonchev–Trinajstić information content (AvgIpc) is 3.47. The standard InChI is InChI=1S/C21H19ClFN3O3/c22-14-4-3-5-16(10-14)26-13-24(11-20(26)28)19(27)12-25(15-8-9-15)21(29)17-6-1-2-7-18(17)23/h1-7,10,15H,8-9,11-13H2. The summed E-state index contributed by atoms with van der Waals surface area (Å²) in [5.41, 5.74) is 0.560. The summed E-state index contributed by atoms with van der Waals surface area (Å²) in [6.45, 7) is -0.170. The molecule has 1 aliphatic heterocycles. The van der Waals surface area contributed by atoms with E-state index in [1.807, 2.05) is 0 Å². The quantitative estimate of drug-likeness (QED) is 0.754. The van der Waals surface area contributed by atoms with Gasteiger partial charge in [0.1, 0.15) is 25.6 Å². The lowest BCUT2D eigenvalue weighted by Crippen LogP contribution is -2.44. The Bertz CT molecular complexity index is 979. The van der Waals surface area contributed by atoms with E-state index in [1.54, 1.807) is 30.3 Å². The van der Waals surface area contributed by atoms with Crippen molar-refractivity contribution in [2.75, 3.05) is 24.7 Å². The summed E-state index contributed by atoms with van der Waals surface area (Å²) in [4.78, 5) is 42.3. The second-order valence-corrected chi connectivity index (χ2v) is 7.62. The SMILES string of the molecule is O=C(CN(C(=O)c1ccccc1F)C1CC1)N1CC(=O)N(c2cccc(Cl)c2)C1. The summed E-state index contributed by atoms with van der Waals surface area (Å²) in [7, 11) is 0. The van der Waals surface area contributed by atoms with Gasteiger partial charge in [-0.3, -0.25) is 19.3 Å². The highest BCUT2D eigenvalue weighted by atomic mass is 35.5. The van der Waals surface area contributed by atoms with Gasteiger partial charge in [0, 0.05) is 16.8 Å². The fraction of sp³-hybridized carbons (Fsp3) is 0.286. The van der Waals surface area contributed by atoms with Crippen LogP contribution in [0.4, 0.5) is 10.1 Å². The van der Waals surface area contributed by atoms with E-state index in [9.17, 15) is 18.8 Å². The molecule has 0 unspecified atom stereocenters. The summed E-state index contributed by atoms with van der Waals surface area (Å²) in [6.07, 6.45) is 1.56. The van der Waals surface area contributed by atoms with Crippen LogP contribution in [0.3, 0.4) is 0 Å². The van der Waals surface area contributed by atoms with Gasteiger partial charge in [0.15, 0.2) is 0 Å². The van der Waals surface area contributed by atoms with Gasteiger partial charge in [-0.25, -0.2) is 4.39 Å². The molecule has 0 aromatic heterocycles. The highest BCUT2D eigenvalue weighted by Gasteiger charge is 2.38. The first-order chi connectivity index (χ1) is 13.9. The third-order valence-electron chi connectivity index (χ3n) is 5.07. The zero-order chi connectivity index (χ0) is 20.5. The molecule has 1 saturated heterocycles. The smallest absolute Gasteiger partial charge is 0.257 e. The van der Waals surface area contributed by atoms with Crippen LogP contribution in [-0.4, -0.2) is 53.3 Å². The zero-order valence-corrected chi connectivity index (χ0v) is 16.3. The van der Waals surface area contributed by atoms with Gasteiger partial charge in [0.2, 0.25) is 11.8 Å². The molecule has 2 aliphatic rings. The molecule has 29 heavy (non-hydrogen) atoms. The fourth-order valence-corrected chi connectivity index (χ4v) is 3.56. The van der Waals surface area contributed by atoms with Gasteiger partial charge in [0.25, 0.3) is 5.91 Å². The Kier molecular flexibility index (Phi) is 5.24. The number of halogens is 2. The molecule has 2 aromatic carbocycles. The Morgan fingerprint density at radius 3 is 2.59 bits per heavy atom. The maximum Gasteiger partial charge on any atom is 0.257 e. The minimum atomic E-state index is -0.612. The van der Waals surface area contributed by atoms with Crippen molar-refractivity contribution in [2.24, 2.45) is 0 Å². The number of carbonyl (C=O) groups excluding carboxylic acids is 3. The second-order valence-electron chi connectivity index (χ2n) is 7.18. The van der Waals surface area contributed by atoms with Crippen LogP contribution in [0.5, 0.6) is 0 Å². The van der Waals surface area contributed by atoms with Gasteiger partial charge in [-0.1, -0.05) is 29.8 Å². The van der Waals surface area contributed by atoms with E-state index in [0.29, 0.717) is 10.7 Å². The Morgan fingerprint density at radius 1 is 1.14 bits per heavy atom. The van der Waals surface area contributed by atoms with Gasteiger partial charge in [-0.15, -0.1) is 0 Å². The maximum atomic E-state index is 14.0. The third-order valence-corrected chi connectivity index (χ3v) is 5.31. The molecule has 2 fully saturated rings. The molecule has 4 rings (SSSR count). The van der Waals surface area contributed by atoms with Crippen molar-refractivity contribution in [3.63, 3.8) is 0 Å². The Hall–Kier alpha value is -2.93. The van der Waals surface area contributed by atoms with Crippen LogP contribution in [0, 0.1) is 5.82 Å². The highest BCUT2D eigenvalue weighted by molar-refractivity contribution is 6.31. The van der Waals surface area contributed by atoms with Crippen LogP contribution in [0.25, 0.3) is 0 Å². The first-order valence-corrected chi connectivity index (χ1v) is 9.71. The van der Waals surface area contributed by atoms with Crippen molar-refractivity contribution in [1.82, 2.24) is 9.80 Å². The Balaban J connectivity index is 1.47. The van der Waals surface area contributed by atoms with Crippen LogP contribution in [0.2, 0.25) is 5.02 Å². The van der Waals surface area contributed by atoms with Crippen LogP contribution < -0.4 is 4.90 Å². The van der Waals surface area contributed by atoms with Crippen LogP contribution in [0.1, 0.15) is 23.2 Å². The molecular weight excluding hydrogens is 397 g/mol. The zero-order valence-electron chi connectivity index (χ0n) is 15.6. The number of hydrogen-bond donors (Lipinski definition) is 0. The summed E-state index contributed by atoms with van der Waals surface area (Å²) in [5, 5.41) is 0.496. The van der Waals surface area contributed by atoms with Crippen molar-refractivity contribution in [3.05, 3.63) is 64.9 Å². The molecule has 6 nitrogen and oxygen atoms in total. The van der Waals surface area contributed by atoms with Crippen LogP contribution in [-0.2, 0) is 9.59 Å². The monoisotopic (exact) mass is 415 g/mol. The Morgan fingerprint density at radius 2 is 1.90 bits per heavy atom. The van der Waals surface area contributed by atoms with E-state index in [-0.39, 0.29) is 43.2 Å². The molecule has 1 aliphatic carbocycles. The Labute approximate surface area is 172 Å². The number of hydrogen-bond acceptors (Lipinski definition) is 3. The minimum Gasteiger partial charge on any atom is -0.326 e. The fourth-order valence-electron chi connectivity index (χ4n) is 3.37. The first-order valence-electron chi connectivity index (χ1n) is 9.33. The van der Waals surface area contributed by atoms with Crippen molar-refractivity contribution in [1.29, 1.82) is 0 Å². The average molecular weight is 416 g/mol. The predicted octanol–water partition coefficient (Wildman–Crippen LogP) is 2.92. The molecule has 1 saturated carbocycles. The van der Waals surface area contributed by atoms with E-state index >= 15 is 0 Å². The summed E-state index contributed by atoms with van der Waals surface area (Å²) < 4.78 is 14.0. The van der Waals surface area contributed by atoms with E-state index in [2.05, 4.69) is 0 Å². The summed E-state index contributed by atoms with van der Waals surface area (Å²) in [6, 6.07) is 12.5. The van der Waals surface area contributed by atoms with Crippen molar-refractivity contribution in [3.8, 4) is 0 Å². The number of carbonyl (C=O) groups is 3. The molecule has 8 heteroatoms. The van der Waals surface area contributed by atoms with Crippen molar-refractivity contribution < 1.29 is 18.8 Å². The molecule has 0 bridgehead atoms. The van der Waals surface area contributed by atoms with E-state index in [4.69, 9.17) is 11.6 Å². The summed E-state index contributed by atoms with van der Waals surface area (Å²) >= 11 is 5.99. The highest BCUT2D eigenvalue weighted by Crippen LogP contribution is 2.29. The molecule has 150 valence electrons. The third kappa shape index (κ3) is 4.10. The van der Waals surface area contributed by atoms with E-state index in [0.717, 1.165) is 12.8 Å². The second kappa shape index (κ2) is 7.83. The molecule has 3 amide bonds. The maximum absolute atomic E-state index is 14.0. The number of anilines is 1. The molecule has 0 radical (unpaired) electrons. The lowest BCUT2D eigenvalue weighted by molar-refractivity contribution is -0.132. The van der Waals surface area contributed by atoms with Crippen LogP contribution in [0.15, 0.2) is 48.5 Å². The lowest BCUT2D eigenvalue weighted by atomic mass is 10.2. The number of rotatable bonds is 5.